The Hall–Kier alpha value is -3.46. The Balaban J connectivity index is 1.95. The Kier molecular flexibility index (Phi) is 7.33. The number of amides is 1. The van der Waals surface area contributed by atoms with Crippen LogP contribution in [-0.2, 0) is 12.7 Å². The van der Waals surface area contributed by atoms with E-state index in [1.807, 2.05) is 6.07 Å². The highest BCUT2D eigenvalue weighted by Gasteiger charge is 2.34. The molecule has 0 saturated carbocycles. The predicted molar refractivity (Wildman–Crippen MR) is 121 cm³/mol. The van der Waals surface area contributed by atoms with Gasteiger partial charge in [0.05, 0.1) is 11.3 Å². The van der Waals surface area contributed by atoms with Gasteiger partial charge in [-0.15, -0.1) is 0 Å². The van der Waals surface area contributed by atoms with E-state index in [9.17, 15) is 22.8 Å². The maximum absolute atomic E-state index is 13.5. The van der Waals surface area contributed by atoms with Gasteiger partial charge in [0.2, 0.25) is 5.43 Å². The van der Waals surface area contributed by atoms with E-state index in [-0.39, 0.29) is 11.4 Å². The van der Waals surface area contributed by atoms with Crippen molar-refractivity contribution in [3.05, 3.63) is 87.3 Å². The number of carbonyl (C=O) groups excluding carboxylic acids is 1. The molecular formula is C24H25F3N4O2. The summed E-state index contributed by atoms with van der Waals surface area (Å²) in [6.07, 6.45) is -4.62. The molecule has 0 aliphatic heterocycles. The van der Waals surface area contributed by atoms with E-state index in [1.165, 1.54) is 25.1 Å². The number of anilines is 1. The smallest absolute Gasteiger partial charge is 0.320 e. The number of benzene rings is 2. The molecule has 9 heteroatoms. The fourth-order valence-electron chi connectivity index (χ4n) is 3.49. The lowest BCUT2D eigenvalue weighted by Crippen LogP contribution is -2.27. The highest BCUT2D eigenvalue weighted by molar-refractivity contribution is 6.02. The number of nitrogens with zero attached hydrogens (tertiary/aromatic N) is 3. The van der Waals surface area contributed by atoms with Crippen LogP contribution in [0.2, 0.25) is 0 Å². The average Bonchev–Trinajstić information content (AvgIpc) is 2.77. The van der Waals surface area contributed by atoms with Gasteiger partial charge >= 0.3 is 6.18 Å². The topological polar surface area (TPSA) is 67.2 Å². The number of hydrogen-bond donors (Lipinski definition) is 1. The lowest BCUT2D eigenvalue weighted by atomic mass is 10.1. The molecule has 3 rings (SSSR count). The van der Waals surface area contributed by atoms with E-state index in [0.29, 0.717) is 12.2 Å². The van der Waals surface area contributed by atoms with Crippen LogP contribution in [0.3, 0.4) is 0 Å². The van der Waals surface area contributed by atoms with E-state index in [2.05, 4.69) is 29.2 Å². The molecule has 1 amide bonds. The Morgan fingerprint density at radius 2 is 1.76 bits per heavy atom. The first-order valence-electron chi connectivity index (χ1n) is 10.5. The number of carbonyl (C=O) groups is 1. The second-order valence-corrected chi connectivity index (χ2v) is 7.54. The molecule has 2 aromatic carbocycles. The van der Waals surface area contributed by atoms with Gasteiger partial charge in [-0.3, -0.25) is 14.5 Å². The Labute approximate surface area is 189 Å². The molecule has 0 atom stereocenters. The first-order valence-corrected chi connectivity index (χ1v) is 10.5. The third-order valence-electron chi connectivity index (χ3n) is 5.25. The van der Waals surface area contributed by atoms with Crippen LogP contribution in [0.5, 0.6) is 0 Å². The zero-order valence-electron chi connectivity index (χ0n) is 18.6. The first kappa shape index (κ1) is 24.2. The van der Waals surface area contributed by atoms with Gasteiger partial charge in [0.15, 0.2) is 5.69 Å². The SMILES string of the molecule is CCN(CC)Cc1cccc(NC(=O)c2nn(-c3ccccc3C(F)(F)F)c(C)cc2=O)c1. The summed E-state index contributed by atoms with van der Waals surface area (Å²) < 4.78 is 41.4. The van der Waals surface area contributed by atoms with Crippen molar-refractivity contribution in [1.29, 1.82) is 0 Å². The number of hydrogen-bond acceptors (Lipinski definition) is 4. The van der Waals surface area contributed by atoms with E-state index in [1.54, 1.807) is 18.2 Å². The number of halogens is 3. The average molecular weight is 458 g/mol. The van der Waals surface area contributed by atoms with Crippen LogP contribution in [-0.4, -0.2) is 33.7 Å². The summed E-state index contributed by atoms with van der Waals surface area (Å²) >= 11 is 0. The highest BCUT2D eigenvalue weighted by atomic mass is 19.4. The molecule has 0 radical (unpaired) electrons. The number of aromatic nitrogens is 2. The molecule has 0 fully saturated rings. The monoisotopic (exact) mass is 458 g/mol. The third kappa shape index (κ3) is 5.67. The molecule has 0 unspecified atom stereocenters. The summed E-state index contributed by atoms with van der Waals surface area (Å²) in [5, 5.41) is 6.63. The largest absolute Gasteiger partial charge is 0.418 e. The van der Waals surface area contributed by atoms with Gasteiger partial charge in [0.25, 0.3) is 5.91 Å². The number of para-hydroxylation sites is 1. The molecule has 3 aromatic rings. The van der Waals surface area contributed by atoms with Gasteiger partial charge in [-0.25, -0.2) is 4.68 Å². The minimum absolute atomic E-state index is 0.175. The highest BCUT2D eigenvalue weighted by Crippen LogP contribution is 2.33. The van der Waals surface area contributed by atoms with Crippen LogP contribution >= 0.6 is 0 Å². The summed E-state index contributed by atoms with van der Waals surface area (Å²) in [4.78, 5) is 27.5. The molecule has 0 aliphatic carbocycles. The molecule has 1 aromatic heterocycles. The zero-order chi connectivity index (χ0) is 24.2. The van der Waals surface area contributed by atoms with E-state index in [4.69, 9.17) is 0 Å². The molecule has 6 nitrogen and oxygen atoms in total. The molecule has 0 spiro atoms. The molecule has 0 saturated heterocycles. The lowest BCUT2D eigenvalue weighted by Gasteiger charge is -2.18. The maximum atomic E-state index is 13.5. The molecule has 1 heterocycles. The van der Waals surface area contributed by atoms with Crippen LogP contribution in [0.25, 0.3) is 5.69 Å². The molecule has 1 N–H and O–H groups in total. The molecule has 33 heavy (non-hydrogen) atoms. The number of rotatable bonds is 7. The summed E-state index contributed by atoms with van der Waals surface area (Å²) in [6, 6.07) is 13.2. The third-order valence-corrected chi connectivity index (χ3v) is 5.25. The second kappa shape index (κ2) is 9.99. The lowest BCUT2D eigenvalue weighted by molar-refractivity contribution is -0.137. The van der Waals surface area contributed by atoms with Crippen molar-refractivity contribution in [2.75, 3.05) is 18.4 Å². The summed E-state index contributed by atoms with van der Waals surface area (Å²) in [5.74, 6) is -0.793. The predicted octanol–water partition coefficient (Wildman–Crippen LogP) is 4.65. The summed E-state index contributed by atoms with van der Waals surface area (Å²) in [6.45, 7) is 8.01. The van der Waals surface area contributed by atoms with Crippen LogP contribution in [0.4, 0.5) is 18.9 Å². The molecular weight excluding hydrogens is 433 g/mol. The van der Waals surface area contributed by atoms with Crippen molar-refractivity contribution in [2.24, 2.45) is 0 Å². The zero-order valence-corrected chi connectivity index (χ0v) is 18.6. The molecule has 0 bridgehead atoms. The minimum Gasteiger partial charge on any atom is -0.320 e. The molecule has 0 aliphatic rings. The van der Waals surface area contributed by atoms with E-state index < -0.39 is 28.8 Å². The minimum atomic E-state index is -4.62. The van der Waals surface area contributed by atoms with Crippen LogP contribution in [0.15, 0.2) is 59.4 Å². The van der Waals surface area contributed by atoms with Crippen molar-refractivity contribution >= 4 is 11.6 Å². The Bertz CT molecular complexity index is 1200. The van der Waals surface area contributed by atoms with Gasteiger partial charge in [0, 0.05) is 24.0 Å². The fourth-order valence-corrected chi connectivity index (χ4v) is 3.49. The van der Waals surface area contributed by atoms with Crippen LogP contribution in [0, 0.1) is 6.92 Å². The van der Waals surface area contributed by atoms with Gasteiger partial charge in [-0.2, -0.15) is 18.3 Å². The van der Waals surface area contributed by atoms with E-state index in [0.717, 1.165) is 35.5 Å². The summed E-state index contributed by atoms with van der Waals surface area (Å²) in [7, 11) is 0. The second-order valence-electron chi connectivity index (χ2n) is 7.54. The van der Waals surface area contributed by atoms with Gasteiger partial charge < -0.3 is 5.32 Å². The maximum Gasteiger partial charge on any atom is 0.418 e. The molecule has 174 valence electrons. The van der Waals surface area contributed by atoms with E-state index >= 15 is 0 Å². The van der Waals surface area contributed by atoms with Crippen LogP contribution in [0.1, 0.15) is 41.2 Å². The number of aryl methyl sites for hydroxylation is 1. The van der Waals surface area contributed by atoms with Crippen molar-refractivity contribution in [3.63, 3.8) is 0 Å². The van der Waals surface area contributed by atoms with Gasteiger partial charge in [-0.05, 0) is 49.8 Å². The Morgan fingerprint density at radius 3 is 2.42 bits per heavy atom. The summed E-state index contributed by atoms with van der Waals surface area (Å²) in [5.41, 5.74) is -0.734. The van der Waals surface area contributed by atoms with Crippen molar-refractivity contribution in [2.45, 2.75) is 33.5 Å². The van der Waals surface area contributed by atoms with Crippen molar-refractivity contribution in [1.82, 2.24) is 14.7 Å². The van der Waals surface area contributed by atoms with Gasteiger partial charge in [0.1, 0.15) is 0 Å². The quantitative estimate of drug-likeness (QED) is 0.560. The fraction of sp³-hybridized carbons (Fsp3) is 0.292. The Morgan fingerprint density at radius 1 is 1.06 bits per heavy atom. The number of nitrogens with one attached hydrogen (secondary N) is 1. The van der Waals surface area contributed by atoms with Crippen molar-refractivity contribution in [3.8, 4) is 5.69 Å². The number of alkyl halides is 3. The normalized spacial score (nSPS) is 11.6. The van der Waals surface area contributed by atoms with Crippen molar-refractivity contribution < 1.29 is 18.0 Å². The standard InChI is InChI=1S/C24H25F3N4O2/c1-4-30(5-2)15-17-9-8-10-18(14-17)28-23(33)22-21(32)13-16(3)31(29-22)20-12-7-6-11-19(20)24(25,26)27/h6-14H,4-5,15H2,1-3H3,(H,28,33). The van der Waals surface area contributed by atoms with Crippen LogP contribution < -0.4 is 10.7 Å². The van der Waals surface area contributed by atoms with Gasteiger partial charge in [-0.1, -0.05) is 38.1 Å². The first-order chi connectivity index (χ1) is 15.6.